The first-order valence-electron chi connectivity index (χ1n) is 8.05. The largest absolute Gasteiger partial charge is 0.0729 e. The second-order valence-corrected chi connectivity index (χ2v) is 6.15. The molecule has 3 aromatic rings. The van der Waals surface area contributed by atoms with Crippen molar-refractivity contribution in [1.29, 1.82) is 0 Å². The van der Waals surface area contributed by atoms with Crippen LogP contribution in [0.1, 0.15) is 26.3 Å². The fourth-order valence-electron chi connectivity index (χ4n) is 2.71. The molecule has 0 heteroatoms. The highest BCUT2D eigenvalue weighted by Crippen LogP contribution is 2.27. The van der Waals surface area contributed by atoms with Gasteiger partial charge in [-0.2, -0.15) is 0 Å². The molecular weight excluding hydrogens is 276 g/mol. The van der Waals surface area contributed by atoms with Crippen molar-refractivity contribution in [2.24, 2.45) is 0 Å². The summed E-state index contributed by atoms with van der Waals surface area (Å²) in [5.41, 5.74) is 9.05. The van der Waals surface area contributed by atoms with Crippen LogP contribution in [0.4, 0.5) is 0 Å². The van der Waals surface area contributed by atoms with Gasteiger partial charge in [-0.3, -0.25) is 0 Å². The Hall–Kier alpha value is -2.60. The summed E-state index contributed by atoms with van der Waals surface area (Å²) in [6.07, 6.45) is 0. The molecular formula is C23H22. The Balaban J connectivity index is 1.94. The number of rotatable bonds is 3. The summed E-state index contributed by atoms with van der Waals surface area (Å²) >= 11 is 0. The van der Waals surface area contributed by atoms with Gasteiger partial charge in [-0.1, -0.05) is 78.4 Å². The maximum absolute atomic E-state index is 2.28. The summed E-state index contributed by atoms with van der Waals surface area (Å²) < 4.78 is 0. The molecule has 0 N–H and O–H groups in total. The molecule has 0 saturated carbocycles. The van der Waals surface area contributed by atoms with E-state index < -0.39 is 0 Å². The second-order valence-electron chi connectivity index (χ2n) is 6.15. The zero-order valence-corrected chi connectivity index (χ0v) is 14.0. The predicted molar refractivity (Wildman–Crippen MR) is 101 cm³/mol. The molecule has 0 heterocycles. The van der Waals surface area contributed by atoms with Gasteiger partial charge in [-0.25, -0.2) is 0 Å². The maximum atomic E-state index is 2.28. The van der Waals surface area contributed by atoms with Gasteiger partial charge in [-0.15, -0.1) is 0 Å². The van der Waals surface area contributed by atoms with Gasteiger partial charge in [-0.05, 0) is 60.2 Å². The van der Waals surface area contributed by atoms with Crippen LogP contribution in [0.25, 0.3) is 27.8 Å². The Morgan fingerprint density at radius 1 is 0.522 bits per heavy atom. The monoisotopic (exact) mass is 298 g/mol. The van der Waals surface area contributed by atoms with Crippen LogP contribution in [-0.2, 0) is 0 Å². The Morgan fingerprint density at radius 3 is 1.65 bits per heavy atom. The van der Waals surface area contributed by atoms with Crippen LogP contribution in [0.2, 0.25) is 0 Å². The molecule has 3 rings (SSSR count). The molecule has 0 aliphatic heterocycles. The van der Waals surface area contributed by atoms with E-state index in [-0.39, 0.29) is 0 Å². The van der Waals surface area contributed by atoms with Crippen LogP contribution in [0.15, 0.2) is 84.4 Å². The van der Waals surface area contributed by atoms with Gasteiger partial charge in [0.05, 0.1) is 0 Å². The van der Waals surface area contributed by atoms with Crippen molar-refractivity contribution in [2.45, 2.75) is 20.8 Å². The van der Waals surface area contributed by atoms with E-state index in [9.17, 15) is 0 Å². The Kier molecular flexibility index (Phi) is 4.43. The average molecular weight is 298 g/mol. The highest BCUT2D eigenvalue weighted by atomic mass is 14.1. The quantitative estimate of drug-likeness (QED) is 0.497. The topological polar surface area (TPSA) is 0 Å². The molecule has 0 saturated heterocycles. The van der Waals surface area contributed by atoms with Gasteiger partial charge < -0.3 is 0 Å². The van der Waals surface area contributed by atoms with E-state index in [1.807, 2.05) is 0 Å². The first kappa shape index (κ1) is 15.3. The van der Waals surface area contributed by atoms with E-state index in [0.717, 1.165) is 0 Å². The van der Waals surface area contributed by atoms with Gasteiger partial charge in [0, 0.05) is 0 Å². The van der Waals surface area contributed by atoms with E-state index in [4.69, 9.17) is 0 Å². The number of hydrogen-bond donors (Lipinski definition) is 0. The van der Waals surface area contributed by atoms with Crippen LogP contribution >= 0.6 is 0 Å². The lowest BCUT2D eigenvalue weighted by Crippen LogP contribution is -1.85. The molecule has 0 radical (unpaired) electrons. The van der Waals surface area contributed by atoms with E-state index >= 15 is 0 Å². The lowest BCUT2D eigenvalue weighted by molar-refractivity contribution is 1.36. The first-order chi connectivity index (χ1) is 11.1. The molecule has 0 bridgehead atoms. The molecule has 0 aliphatic carbocycles. The van der Waals surface area contributed by atoms with Crippen LogP contribution in [0.5, 0.6) is 0 Å². The molecule has 114 valence electrons. The van der Waals surface area contributed by atoms with Crippen LogP contribution in [0, 0.1) is 0 Å². The standard InChI is InChI=1S/C23H22/c1-17(2)18(3)22-10-7-11-23(16-22)21-14-12-20(13-15-21)19-8-5-4-6-9-19/h4-16H,1-3H3. The minimum Gasteiger partial charge on any atom is -0.0729 e. The van der Waals surface area contributed by atoms with Crippen molar-refractivity contribution < 1.29 is 0 Å². The Morgan fingerprint density at radius 2 is 1.04 bits per heavy atom. The maximum Gasteiger partial charge on any atom is -0.0178 e. The molecule has 3 aromatic carbocycles. The summed E-state index contributed by atoms with van der Waals surface area (Å²) in [4.78, 5) is 0. The predicted octanol–water partition coefficient (Wildman–Crippen LogP) is 6.83. The SMILES string of the molecule is CC(C)=C(C)c1cccc(-c2ccc(-c3ccccc3)cc2)c1. The summed E-state index contributed by atoms with van der Waals surface area (Å²) in [7, 11) is 0. The van der Waals surface area contributed by atoms with Crippen molar-refractivity contribution in [1.82, 2.24) is 0 Å². The third kappa shape index (κ3) is 3.43. The van der Waals surface area contributed by atoms with Gasteiger partial charge in [0.2, 0.25) is 0 Å². The second kappa shape index (κ2) is 6.66. The number of benzene rings is 3. The molecule has 0 aromatic heterocycles. The lowest BCUT2D eigenvalue weighted by Gasteiger charge is -2.09. The van der Waals surface area contributed by atoms with E-state index in [1.54, 1.807) is 0 Å². The molecule has 0 atom stereocenters. The average Bonchev–Trinajstić information content (AvgIpc) is 2.62. The fourth-order valence-corrected chi connectivity index (χ4v) is 2.71. The minimum atomic E-state index is 1.26. The number of hydrogen-bond acceptors (Lipinski definition) is 0. The molecule has 0 spiro atoms. The summed E-state index contributed by atoms with van der Waals surface area (Å²) in [5.74, 6) is 0. The van der Waals surface area contributed by atoms with E-state index in [1.165, 1.54) is 39.0 Å². The molecule has 0 amide bonds. The molecule has 0 aliphatic rings. The summed E-state index contributed by atoms with van der Waals surface area (Å²) in [6.45, 7) is 6.51. The first-order valence-corrected chi connectivity index (χ1v) is 8.05. The van der Waals surface area contributed by atoms with Crippen molar-refractivity contribution in [3.63, 3.8) is 0 Å². The minimum absolute atomic E-state index is 1.26. The van der Waals surface area contributed by atoms with Crippen molar-refractivity contribution in [2.75, 3.05) is 0 Å². The molecule has 23 heavy (non-hydrogen) atoms. The van der Waals surface area contributed by atoms with Crippen LogP contribution < -0.4 is 0 Å². The van der Waals surface area contributed by atoms with E-state index in [0.29, 0.717) is 0 Å². The van der Waals surface area contributed by atoms with E-state index in [2.05, 4.69) is 99.6 Å². The highest BCUT2D eigenvalue weighted by Gasteiger charge is 2.03. The van der Waals surface area contributed by atoms with Gasteiger partial charge >= 0.3 is 0 Å². The van der Waals surface area contributed by atoms with Gasteiger partial charge in [0.15, 0.2) is 0 Å². The third-order valence-corrected chi connectivity index (χ3v) is 4.37. The molecule has 0 fully saturated rings. The van der Waals surface area contributed by atoms with Gasteiger partial charge in [0.1, 0.15) is 0 Å². The fraction of sp³-hybridized carbons (Fsp3) is 0.130. The highest BCUT2D eigenvalue weighted by molar-refractivity contribution is 5.75. The number of allylic oxidation sites excluding steroid dienone is 2. The van der Waals surface area contributed by atoms with Gasteiger partial charge in [0.25, 0.3) is 0 Å². The van der Waals surface area contributed by atoms with Crippen LogP contribution in [0.3, 0.4) is 0 Å². The van der Waals surface area contributed by atoms with Crippen molar-refractivity contribution in [3.8, 4) is 22.3 Å². The van der Waals surface area contributed by atoms with Crippen molar-refractivity contribution in [3.05, 3.63) is 90.0 Å². The molecule has 0 nitrogen and oxygen atoms in total. The third-order valence-electron chi connectivity index (χ3n) is 4.37. The zero-order chi connectivity index (χ0) is 16.2. The lowest BCUT2D eigenvalue weighted by atomic mass is 9.96. The summed E-state index contributed by atoms with van der Waals surface area (Å²) in [6, 6.07) is 28.1. The normalized spacial score (nSPS) is 10.4. The zero-order valence-electron chi connectivity index (χ0n) is 14.0. The smallest absolute Gasteiger partial charge is 0.0178 e. The van der Waals surface area contributed by atoms with Crippen molar-refractivity contribution >= 4 is 5.57 Å². The van der Waals surface area contributed by atoms with Crippen LogP contribution in [-0.4, -0.2) is 0 Å². The Labute approximate surface area is 139 Å². The Bertz CT molecular complexity index is 817. The summed E-state index contributed by atoms with van der Waals surface area (Å²) in [5, 5.41) is 0. The molecule has 0 unspecified atom stereocenters.